The first-order valence-corrected chi connectivity index (χ1v) is 10.3. The van der Waals surface area contributed by atoms with Crippen molar-refractivity contribution in [2.45, 2.75) is 13.8 Å². The average Bonchev–Trinajstić information content (AvgIpc) is 3.02. The zero-order valence-electron chi connectivity index (χ0n) is 16.6. The van der Waals surface area contributed by atoms with Crippen LogP contribution in [0, 0.1) is 13.8 Å². The van der Waals surface area contributed by atoms with Crippen molar-refractivity contribution in [1.82, 2.24) is 0 Å². The second-order valence-corrected chi connectivity index (χ2v) is 8.10. The Labute approximate surface area is 183 Å². The Kier molecular flexibility index (Phi) is 5.55. The Morgan fingerprint density at radius 2 is 1.83 bits per heavy atom. The van der Waals surface area contributed by atoms with Crippen LogP contribution in [0.4, 0.5) is 0 Å². The average molecular weight is 463 g/mol. The van der Waals surface area contributed by atoms with Crippen molar-refractivity contribution >= 4 is 33.6 Å². The van der Waals surface area contributed by atoms with Gasteiger partial charge in [-0.2, -0.15) is 0 Å². The van der Waals surface area contributed by atoms with Gasteiger partial charge in [0.05, 0.1) is 5.56 Å². The first kappa shape index (κ1) is 20.1. The number of benzene rings is 3. The minimum atomic E-state index is -0.151. The number of carbonyl (C=O) groups excluding carboxylic acids is 2. The highest BCUT2D eigenvalue weighted by molar-refractivity contribution is 9.10. The Morgan fingerprint density at radius 1 is 1.07 bits per heavy atom. The van der Waals surface area contributed by atoms with Crippen molar-refractivity contribution in [2.24, 2.45) is 0 Å². The monoisotopic (exact) mass is 462 g/mol. The number of halogens is 1. The fourth-order valence-electron chi connectivity index (χ4n) is 3.34. The Morgan fingerprint density at radius 3 is 2.57 bits per heavy atom. The van der Waals surface area contributed by atoms with Crippen molar-refractivity contribution < 1.29 is 19.1 Å². The van der Waals surface area contributed by atoms with Crippen LogP contribution in [0.25, 0.3) is 6.08 Å². The first-order valence-electron chi connectivity index (χ1n) is 9.48. The minimum absolute atomic E-state index is 0.0974. The van der Waals surface area contributed by atoms with Gasteiger partial charge >= 0.3 is 0 Å². The van der Waals surface area contributed by atoms with Gasteiger partial charge in [-0.3, -0.25) is 9.59 Å². The number of allylic oxidation sites excluding steroid dienone is 1. The SMILES string of the molecule is Cc1cccc(/C=C2\Oc3cc(OCC(=O)c4ccc(Br)cc4)cc(C)c3C2=O)c1. The third kappa shape index (κ3) is 4.21. The summed E-state index contributed by atoms with van der Waals surface area (Å²) < 4.78 is 12.4. The van der Waals surface area contributed by atoms with Crippen LogP contribution in [0.15, 0.2) is 70.9 Å². The molecular formula is C25H19BrO4. The number of fused-ring (bicyclic) bond motifs is 1. The van der Waals surface area contributed by atoms with Crippen molar-refractivity contribution in [3.8, 4) is 11.5 Å². The van der Waals surface area contributed by atoms with Crippen LogP contribution in [-0.4, -0.2) is 18.2 Å². The van der Waals surface area contributed by atoms with E-state index in [1.165, 1.54) is 0 Å². The van der Waals surface area contributed by atoms with E-state index >= 15 is 0 Å². The van der Waals surface area contributed by atoms with E-state index in [1.807, 2.05) is 50.2 Å². The Balaban J connectivity index is 1.52. The van der Waals surface area contributed by atoms with Gasteiger partial charge in [-0.15, -0.1) is 0 Å². The summed E-state index contributed by atoms with van der Waals surface area (Å²) in [5.74, 6) is 0.937. The molecule has 5 heteroatoms. The van der Waals surface area contributed by atoms with E-state index in [2.05, 4.69) is 15.9 Å². The summed E-state index contributed by atoms with van der Waals surface area (Å²) in [7, 11) is 0. The molecule has 0 spiro atoms. The van der Waals surface area contributed by atoms with E-state index in [1.54, 1.807) is 30.3 Å². The van der Waals surface area contributed by atoms with Crippen molar-refractivity contribution in [3.63, 3.8) is 0 Å². The number of aryl methyl sites for hydroxylation is 2. The zero-order chi connectivity index (χ0) is 21.3. The maximum atomic E-state index is 12.8. The predicted molar refractivity (Wildman–Crippen MR) is 119 cm³/mol. The highest BCUT2D eigenvalue weighted by atomic mass is 79.9. The summed E-state index contributed by atoms with van der Waals surface area (Å²) in [5.41, 5.74) is 3.86. The predicted octanol–water partition coefficient (Wildman–Crippen LogP) is 5.94. The molecule has 1 aliphatic rings. The summed E-state index contributed by atoms with van der Waals surface area (Å²) in [6.45, 7) is 3.73. The summed E-state index contributed by atoms with van der Waals surface area (Å²) in [6.07, 6.45) is 1.74. The molecule has 0 fully saturated rings. The standard InChI is InChI=1S/C25H19BrO4/c1-15-4-3-5-17(10-15)12-23-25(28)24-16(2)11-20(13-22(24)30-23)29-14-21(27)18-6-8-19(26)9-7-18/h3-13H,14H2,1-2H3/b23-12-. The lowest BCUT2D eigenvalue weighted by Gasteiger charge is -2.09. The number of rotatable bonds is 5. The van der Waals surface area contributed by atoms with E-state index in [-0.39, 0.29) is 23.9 Å². The van der Waals surface area contributed by atoms with Crippen LogP contribution in [0.3, 0.4) is 0 Å². The minimum Gasteiger partial charge on any atom is -0.485 e. The van der Waals surface area contributed by atoms with E-state index in [0.717, 1.165) is 21.2 Å². The lowest BCUT2D eigenvalue weighted by Crippen LogP contribution is -2.11. The molecule has 3 aromatic rings. The van der Waals surface area contributed by atoms with Gasteiger partial charge in [0.1, 0.15) is 11.5 Å². The lowest BCUT2D eigenvalue weighted by molar-refractivity contribution is 0.0920. The quantitative estimate of drug-likeness (QED) is 0.347. The van der Waals surface area contributed by atoms with Crippen LogP contribution in [0.5, 0.6) is 11.5 Å². The summed E-state index contributed by atoms with van der Waals surface area (Å²) >= 11 is 3.35. The highest BCUT2D eigenvalue weighted by Gasteiger charge is 2.30. The van der Waals surface area contributed by atoms with Crippen LogP contribution >= 0.6 is 15.9 Å². The molecule has 30 heavy (non-hydrogen) atoms. The molecule has 0 N–H and O–H groups in total. The molecule has 0 bridgehead atoms. The first-order chi connectivity index (χ1) is 14.4. The summed E-state index contributed by atoms with van der Waals surface area (Å²) in [4.78, 5) is 25.2. The van der Waals surface area contributed by atoms with E-state index in [4.69, 9.17) is 9.47 Å². The highest BCUT2D eigenvalue weighted by Crippen LogP contribution is 2.37. The molecule has 0 unspecified atom stereocenters. The topological polar surface area (TPSA) is 52.6 Å². The van der Waals surface area contributed by atoms with Gasteiger partial charge in [-0.25, -0.2) is 0 Å². The normalized spacial score (nSPS) is 13.8. The van der Waals surface area contributed by atoms with E-state index < -0.39 is 0 Å². The lowest BCUT2D eigenvalue weighted by atomic mass is 10.0. The third-order valence-corrected chi connectivity index (χ3v) is 5.35. The second-order valence-electron chi connectivity index (χ2n) is 7.19. The van der Waals surface area contributed by atoms with Crippen LogP contribution in [-0.2, 0) is 0 Å². The van der Waals surface area contributed by atoms with Crippen molar-refractivity contribution in [1.29, 1.82) is 0 Å². The molecule has 0 aromatic heterocycles. The smallest absolute Gasteiger partial charge is 0.232 e. The van der Waals surface area contributed by atoms with Gasteiger partial charge in [-0.05, 0) is 49.2 Å². The molecule has 0 atom stereocenters. The molecule has 0 radical (unpaired) electrons. The van der Waals surface area contributed by atoms with Crippen LogP contribution in [0.1, 0.15) is 37.4 Å². The van der Waals surface area contributed by atoms with E-state index in [0.29, 0.717) is 22.6 Å². The van der Waals surface area contributed by atoms with E-state index in [9.17, 15) is 9.59 Å². The molecule has 4 rings (SSSR count). The van der Waals surface area contributed by atoms with Crippen molar-refractivity contribution in [2.75, 3.05) is 6.61 Å². The maximum absolute atomic E-state index is 12.8. The third-order valence-electron chi connectivity index (χ3n) is 4.82. The number of Topliss-reactive ketones (excluding diaryl/α,β-unsaturated/α-hetero) is 2. The van der Waals surface area contributed by atoms with Gasteiger partial charge in [0.25, 0.3) is 0 Å². The number of ketones is 2. The molecule has 150 valence electrons. The van der Waals surface area contributed by atoms with Crippen LogP contribution < -0.4 is 9.47 Å². The Bertz CT molecular complexity index is 1180. The molecule has 0 saturated carbocycles. The zero-order valence-corrected chi connectivity index (χ0v) is 18.2. The molecule has 1 heterocycles. The van der Waals surface area contributed by atoms with Gasteiger partial charge in [0, 0.05) is 16.1 Å². The Hall–Kier alpha value is -3.18. The van der Waals surface area contributed by atoms with Gasteiger partial charge in [0.2, 0.25) is 5.78 Å². The molecule has 3 aromatic carbocycles. The van der Waals surface area contributed by atoms with Gasteiger partial charge < -0.3 is 9.47 Å². The van der Waals surface area contributed by atoms with Gasteiger partial charge in [0.15, 0.2) is 18.1 Å². The molecule has 0 saturated heterocycles. The summed E-state index contributed by atoms with van der Waals surface area (Å²) in [6, 6.07) is 18.4. The molecule has 0 aliphatic carbocycles. The molecule has 4 nitrogen and oxygen atoms in total. The second kappa shape index (κ2) is 8.28. The largest absolute Gasteiger partial charge is 0.485 e. The maximum Gasteiger partial charge on any atom is 0.232 e. The molecular weight excluding hydrogens is 444 g/mol. The molecule has 0 amide bonds. The number of hydrogen-bond acceptors (Lipinski definition) is 4. The summed E-state index contributed by atoms with van der Waals surface area (Å²) in [5, 5.41) is 0. The van der Waals surface area contributed by atoms with Crippen LogP contribution in [0.2, 0.25) is 0 Å². The molecule has 1 aliphatic heterocycles. The number of ether oxygens (including phenoxy) is 2. The number of carbonyl (C=O) groups is 2. The van der Waals surface area contributed by atoms with Crippen molar-refractivity contribution in [3.05, 3.63) is 98.7 Å². The van der Waals surface area contributed by atoms with Gasteiger partial charge in [-0.1, -0.05) is 57.9 Å². The number of hydrogen-bond donors (Lipinski definition) is 0. The fraction of sp³-hybridized carbons (Fsp3) is 0.120. The fourth-order valence-corrected chi connectivity index (χ4v) is 3.60.